The van der Waals surface area contributed by atoms with E-state index in [4.69, 9.17) is 28.9 Å². The molecule has 0 saturated carbocycles. The van der Waals surface area contributed by atoms with E-state index in [0.717, 1.165) is 10.5 Å². The van der Waals surface area contributed by atoms with Gasteiger partial charge in [0.25, 0.3) is 0 Å². The van der Waals surface area contributed by atoms with Crippen molar-refractivity contribution in [1.82, 2.24) is 4.98 Å². The SMILES string of the molecule is NC(=O)C(Sc1ccc(Cl)cc1)(c1ccccc1)c1ccc(Cl)cn1. The highest BCUT2D eigenvalue weighted by Gasteiger charge is 2.43. The highest BCUT2D eigenvalue weighted by Crippen LogP contribution is 2.46. The molecule has 1 amide bonds. The molecule has 3 nitrogen and oxygen atoms in total. The summed E-state index contributed by atoms with van der Waals surface area (Å²) in [4.78, 5) is 17.9. The number of amides is 1. The Morgan fingerprint density at radius 1 is 0.920 bits per heavy atom. The summed E-state index contributed by atoms with van der Waals surface area (Å²) in [5.74, 6) is -0.506. The average Bonchev–Trinajstić information content (AvgIpc) is 2.63. The molecule has 1 heterocycles. The third-order valence-corrected chi connectivity index (χ3v) is 5.64. The first-order chi connectivity index (χ1) is 12.0. The highest BCUT2D eigenvalue weighted by molar-refractivity contribution is 8.01. The van der Waals surface area contributed by atoms with Crippen molar-refractivity contribution >= 4 is 40.9 Å². The number of primary amides is 1. The van der Waals surface area contributed by atoms with Crippen molar-refractivity contribution in [2.24, 2.45) is 5.73 Å². The molecule has 0 fully saturated rings. The number of nitrogens with two attached hydrogens (primary N) is 1. The van der Waals surface area contributed by atoms with Gasteiger partial charge in [0.2, 0.25) is 5.91 Å². The lowest BCUT2D eigenvalue weighted by atomic mass is 9.93. The van der Waals surface area contributed by atoms with E-state index < -0.39 is 10.7 Å². The van der Waals surface area contributed by atoms with Gasteiger partial charge in [-0.05, 0) is 42.0 Å². The third-order valence-electron chi connectivity index (χ3n) is 3.70. The summed E-state index contributed by atoms with van der Waals surface area (Å²) in [6, 6.07) is 20.0. The molecule has 2 aromatic carbocycles. The molecule has 1 unspecified atom stereocenters. The summed E-state index contributed by atoms with van der Waals surface area (Å²) < 4.78 is -1.18. The minimum atomic E-state index is -1.18. The van der Waals surface area contributed by atoms with Crippen LogP contribution < -0.4 is 5.73 Å². The predicted molar refractivity (Wildman–Crippen MR) is 103 cm³/mol. The van der Waals surface area contributed by atoms with E-state index in [-0.39, 0.29) is 0 Å². The van der Waals surface area contributed by atoms with Crippen LogP contribution in [0, 0.1) is 0 Å². The summed E-state index contributed by atoms with van der Waals surface area (Å²) in [6.07, 6.45) is 1.51. The number of carbonyl (C=O) groups is 1. The van der Waals surface area contributed by atoms with Gasteiger partial charge in [0.05, 0.1) is 10.7 Å². The Balaban J connectivity index is 2.19. The molecule has 6 heteroatoms. The van der Waals surface area contributed by atoms with Crippen LogP contribution >= 0.6 is 35.0 Å². The summed E-state index contributed by atoms with van der Waals surface area (Å²) >= 11 is 13.3. The summed E-state index contributed by atoms with van der Waals surface area (Å²) in [5, 5.41) is 1.12. The number of carbonyl (C=O) groups excluding carboxylic acids is 1. The van der Waals surface area contributed by atoms with Crippen LogP contribution in [0.4, 0.5) is 0 Å². The monoisotopic (exact) mass is 388 g/mol. The second-order valence-electron chi connectivity index (χ2n) is 5.33. The first-order valence-electron chi connectivity index (χ1n) is 7.44. The van der Waals surface area contributed by atoms with Crippen LogP contribution in [0.5, 0.6) is 0 Å². The number of nitrogens with zero attached hydrogens (tertiary/aromatic N) is 1. The Morgan fingerprint density at radius 2 is 1.56 bits per heavy atom. The zero-order chi connectivity index (χ0) is 17.9. The van der Waals surface area contributed by atoms with Crippen molar-refractivity contribution in [2.45, 2.75) is 9.64 Å². The van der Waals surface area contributed by atoms with Gasteiger partial charge in [0.15, 0.2) is 4.75 Å². The fraction of sp³-hybridized carbons (Fsp3) is 0.0526. The second-order valence-corrected chi connectivity index (χ2v) is 7.49. The molecule has 0 saturated heterocycles. The van der Waals surface area contributed by atoms with Crippen LogP contribution in [0.25, 0.3) is 0 Å². The van der Waals surface area contributed by atoms with Crippen molar-refractivity contribution < 1.29 is 4.79 Å². The Bertz CT molecular complexity index is 870. The lowest BCUT2D eigenvalue weighted by Gasteiger charge is -2.30. The number of halogens is 2. The molecule has 1 aromatic heterocycles. The molecular formula is C19H14Cl2N2OS. The van der Waals surface area contributed by atoms with E-state index in [0.29, 0.717) is 15.7 Å². The maximum Gasteiger partial charge on any atom is 0.244 e. The van der Waals surface area contributed by atoms with Gasteiger partial charge >= 0.3 is 0 Å². The quantitative estimate of drug-likeness (QED) is 0.631. The molecule has 25 heavy (non-hydrogen) atoms. The molecule has 0 aliphatic heterocycles. The van der Waals surface area contributed by atoms with E-state index in [1.54, 1.807) is 24.3 Å². The fourth-order valence-corrected chi connectivity index (χ4v) is 3.96. The van der Waals surface area contributed by atoms with E-state index in [2.05, 4.69) is 4.98 Å². The summed E-state index contributed by atoms with van der Waals surface area (Å²) in [6.45, 7) is 0. The molecule has 126 valence electrons. The van der Waals surface area contributed by atoms with E-state index in [9.17, 15) is 4.79 Å². The van der Waals surface area contributed by atoms with Gasteiger partial charge in [-0.25, -0.2) is 0 Å². The molecule has 0 bridgehead atoms. The molecule has 0 aliphatic carbocycles. The van der Waals surface area contributed by atoms with E-state index in [1.165, 1.54) is 18.0 Å². The average molecular weight is 389 g/mol. The van der Waals surface area contributed by atoms with Crippen molar-refractivity contribution in [3.05, 3.63) is 94.2 Å². The molecule has 0 radical (unpaired) electrons. The molecule has 1 atom stereocenters. The number of pyridine rings is 1. The summed E-state index contributed by atoms with van der Waals surface area (Å²) in [5.41, 5.74) is 7.16. The maximum atomic E-state index is 12.7. The molecule has 3 rings (SSSR count). The lowest BCUT2D eigenvalue weighted by molar-refractivity contribution is -0.119. The third kappa shape index (κ3) is 3.66. The van der Waals surface area contributed by atoms with Crippen molar-refractivity contribution in [3.8, 4) is 0 Å². The van der Waals surface area contributed by atoms with Gasteiger partial charge in [-0.3, -0.25) is 9.78 Å². The fourth-order valence-electron chi connectivity index (χ4n) is 2.51. The van der Waals surface area contributed by atoms with Crippen molar-refractivity contribution in [1.29, 1.82) is 0 Å². The van der Waals surface area contributed by atoms with E-state index in [1.807, 2.05) is 42.5 Å². The van der Waals surface area contributed by atoms with Crippen LogP contribution in [0.2, 0.25) is 10.0 Å². The van der Waals surface area contributed by atoms with Gasteiger partial charge in [-0.15, -0.1) is 0 Å². The van der Waals surface area contributed by atoms with Crippen LogP contribution in [-0.4, -0.2) is 10.9 Å². The maximum absolute atomic E-state index is 12.7. The first kappa shape index (κ1) is 17.8. The number of aromatic nitrogens is 1. The Labute approximate surface area is 160 Å². The normalized spacial score (nSPS) is 13.2. The highest BCUT2D eigenvalue weighted by atomic mass is 35.5. The minimum absolute atomic E-state index is 0.492. The molecule has 3 aromatic rings. The largest absolute Gasteiger partial charge is 0.368 e. The summed E-state index contributed by atoms with van der Waals surface area (Å²) in [7, 11) is 0. The molecular weight excluding hydrogens is 375 g/mol. The van der Waals surface area contributed by atoms with Crippen molar-refractivity contribution in [2.75, 3.05) is 0 Å². The number of thioether (sulfide) groups is 1. The Morgan fingerprint density at radius 3 is 2.12 bits per heavy atom. The standard InChI is InChI=1S/C19H14Cl2N2OS/c20-14-6-9-16(10-7-14)25-19(18(22)24,13-4-2-1-3-5-13)17-11-8-15(21)12-23-17/h1-12H,(H2,22,24). The van der Waals surface area contributed by atoms with Gasteiger partial charge in [-0.2, -0.15) is 0 Å². The van der Waals surface area contributed by atoms with Gasteiger partial charge in [-0.1, -0.05) is 65.3 Å². The van der Waals surface area contributed by atoms with Gasteiger partial charge < -0.3 is 5.73 Å². The van der Waals surface area contributed by atoms with Gasteiger partial charge in [0.1, 0.15) is 0 Å². The molecule has 0 aliphatic rings. The van der Waals surface area contributed by atoms with Crippen molar-refractivity contribution in [3.63, 3.8) is 0 Å². The first-order valence-corrected chi connectivity index (χ1v) is 9.01. The smallest absolute Gasteiger partial charge is 0.244 e. The number of benzene rings is 2. The number of hydrogen-bond acceptors (Lipinski definition) is 3. The number of hydrogen-bond donors (Lipinski definition) is 1. The van der Waals surface area contributed by atoms with Crippen LogP contribution in [-0.2, 0) is 9.54 Å². The topological polar surface area (TPSA) is 56.0 Å². The second kappa shape index (κ2) is 7.48. The van der Waals surface area contributed by atoms with Crippen LogP contribution in [0.3, 0.4) is 0 Å². The Hall–Kier alpha value is -2.01. The molecule has 0 spiro atoms. The minimum Gasteiger partial charge on any atom is -0.368 e. The number of rotatable bonds is 5. The van der Waals surface area contributed by atoms with E-state index >= 15 is 0 Å². The zero-order valence-electron chi connectivity index (χ0n) is 13.0. The predicted octanol–water partition coefficient (Wildman–Crippen LogP) is 4.91. The van der Waals surface area contributed by atoms with Crippen LogP contribution in [0.15, 0.2) is 77.8 Å². The Kier molecular flexibility index (Phi) is 5.33. The van der Waals surface area contributed by atoms with Crippen LogP contribution in [0.1, 0.15) is 11.3 Å². The molecule has 2 N–H and O–H groups in total. The van der Waals surface area contributed by atoms with Gasteiger partial charge in [0, 0.05) is 16.1 Å². The lowest BCUT2D eigenvalue weighted by Crippen LogP contribution is -2.40. The zero-order valence-corrected chi connectivity index (χ0v) is 15.4.